The third-order valence-electron chi connectivity index (χ3n) is 2.93. The van der Waals surface area contributed by atoms with E-state index in [0.717, 1.165) is 0 Å². The van der Waals surface area contributed by atoms with Crippen molar-refractivity contribution >= 4 is 39.1 Å². The average molecular weight is 436 g/mol. The fraction of sp³-hybridized carbons (Fsp3) is 0. The van der Waals surface area contributed by atoms with E-state index in [2.05, 4.69) is 0 Å². The molecule has 0 aliphatic carbocycles. The number of halogens is 12. The SMILES string of the molecule is Fc1c(F)c(F)c([P+](Cl)(Cl)c2c(F)c(F)c(F)c(F)c2F)c(F)c1F. The molecule has 0 saturated heterocycles. The Morgan fingerprint density at radius 2 is 0.520 bits per heavy atom. The van der Waals surface area contributed by atoms with E-state index in [1.807, 2.05) is 0 Å². The third kappa shape index (κ3) is 2.84. The molecule has 0 N–H and O–H groups in total. The lowest BCUT2D eigenvalue weighted by Gasteiger charge is -2.15. The Kier molecular flexibility index (Phi) is 5.20. The van der Waals surface area contributed by atoms with Gasteiger partial charge in [-0.15, -0.1) is 0 Å². The van der Waals surface area contributed by atoms with Crippen molar-refractivity contribution in [2.45, 2.75) is 0 Å². The molecular weight excluding hydrogens is 436 g/mol. The van der Waals surface area contributed by atoms with Gasteiger partial charge in [0.1, 0.15) is 22.5 Å². The first-order chi connectivity index (χ1) is 11.4. The van der Waals surface area contributed by atoms with Gasteiger partial charge in [0.2, 0.25) is 68.8 Å². The Morgan fingerprint density at radius 3 is 0.720 bits per heavy atom. The summed E-state index contributed by atoms with van der Waals surface area (Å²) in [6.07, 6.45) is 0. The molecule has 0 heterocycles. The van der Waals surface area contributed by atoms with E-state index >= 15 is 0 Å². The molecule has 0 nitrogen and oxygen atoms in total. The van der Waals surface area contributed by atoms with Gasteiger partial charge in [-0.05, 0) is 0 Å². The second kappa shape index (κ2) is 6.48. The van der Waals surface area contributed by atoms with E-state index in [1.165, 1.54) is 0 Å². The monoisotopic (exact) mass is 435 g/mol. The summed E-state index contributed by atoms with van der Waals surface area (Å²) in [4.78, 5) is 0. The van der Waals surface area contributed by atoms with Crippen molar-refractivity contribution in [2.24, 2.45) is 0 Å². The van der Waals surface area contributed by atoms with Crippen LogP contribution in [0.15, 0.2) is 0 Å². The third-order valence-corrected chi connectivity index (χ3v) is 6.87. The zero-order valence-electron chi connectivity index (χ0n) is 11.0. The molecule has 0 atom stereocenters. The smallest absolute Gasteiger partial charge is 0.200 e. The Bertz CT molecular complexity index is 769. The second-order valence-corrected chi connectivity index (χ2v) is 9.83. The topological polar surface area (TPSA) is 0 Å². The summed E-state index contributed by atoms with van der Waals surface area (Å²) in [6.45, 7) is 0. The maximum Gasteiger partial charge on any atom is 0.287 e. The van der Waals surface area contributed by atoms with Crippen LogP contribution in [0.1, 0.15) is 0 Å². The molecule has 0 amide bonds. The Hall–Kier alpha value is -1.25. The van der Waals surface area contributed by atoms with Crippen LogP contribution in [-0.2, 0) is 0 Å². The van der Waals surface area contributed by atoms with Crippen molar-refractivity contribution in [3.05, 3.63) is 58.2 Å². The normalized spacial score (nSPS) is 12.0. The number of rotatable bonds is 2. The van der Waals surface area contributed by atoms with Gasteiger partial charge in [-0.1, -0.05) is 0 Å². The fourth-order valence-corrected chi connectivity index (χ4v) is 5.17. The van der Waals surface area contributed by atoms with E-state index in [-0.39, 0.29) is 0 Å². The molecule has 0 bridgehead atoms. The van der Waals surface area contributed by atoms with Crippen LogP contribution in [0, 0.1) is 58.2 Å². The highest BCUT2D eigenvalue weighted by Gasteiger charge is 2.55. The van der Waals surface area contributed by atoms with Gasteiger partial charge in [0.05, 0.1) is 0 Å². The number of benzene rings is 2. The highest BCUT2D eigenvalue weighted by molar-refractivity contribution is 8.26. The van der Waals surface area contributed by atoms with E-state index in [9.17, 15) is 43.9 Å². The molecule has 2 aromatic rings. The van der Waals surface area contributed by atoms with Crippen molar-refractivity contribution in [1.82, 2.24) is 0 Å². The van der Waals surface area contributed by atoms with Crippen LogP contribution < -0.4 is 10.6 Å². The van der Waals surface area contributed by atoms with Gasteiger partial charge >= 0.3 is 0 Å². The highest BCUT2D eigenvalue weighted by atomic mass is 35.9. The zero-order chi connectivity index (χ0) is 19.4. The first-order valence-electron chi connectivity index (χ1n) is 5.68. The Morgan fingerprint density at radius 1 is 0.360 bits per heavy atom. The summed E-state index contributed by atoms with van der Waals surface area (Å²) >= 11 is 10.8. The first-order valence-corrected chi connectivity index (χ1v) is 9.27. The predicted molar refractivity (Wildman–Crippen MR) is 70.4 cm³/mol. The standard InChI is InChI=1S/C12Cl2F10P/c13-25(14,11-7(21)3(17)1(15)4(18)8(11)22)12-9(23)5(19)2(16)6(20)10(12)24/q+1. The molecule has 13 heteroatoms. The molecule has 0 radical (unpaired) electrons. The van der Waals surface area contributed by atoms with Crippen LogP contribution in [0.4, 0.5) is 43.9 Å². The van der Waals surface area contributed by atoms with E-state index in [1.54, 1.807) is 0 Å². The fourth-order valence-electron chi connectivity index (χ4n) is 1.79. The molecule has 2 rings (SSSR count). The summed E-state index contributed by atoms with van der Waals surface area (Å²) in [5, 5.41) is -4.20. The molecule has 136 valence electrons. The van der Waals surface area contributed by atoms with E-state index in [0.29, 0.717) is 0 Å². The summed E-state index contributed by atoms with van der Waals surface area (Å²) in [5.41, 5.74) is 0. The van der Waals surface area contributed by atoms with Gasteiger partial charge in [-0.2, -0.15) is 17.6 Å². The number of hydrogen-bond acceptors (Lipinski definition) is 0. The highest BCUT2D eigenvalue weighted by Crippen LogP contribution is 2.68. The van der Waals surface area contributed by atoms with Gasteiger partial charge in [0.15, 0.2) is 0 Å². The van der Waals surface area contributed by atoms with E-state index < -0.39 is 74.7 Å². The van der Waals surface area contributed by atoms with Crippen LogP contribution in [-0.4, -0.2) is 0 Å². The quantitative estimate of drug-likeness (QED) is 0.258. The van der Waals surface area contributed by atoms with Gasteiger partial charge in [-0.3, -0.25) is 0 Å². The van der Waals surface area contributed by atoms with Crippen molar-refractivity contribution < 1.29 is 43.9 Å². The molecule has 0 aliphatic heterocycles. The van der Waals surface area contributed by atoms with E-state index in [4.69, 9.17) is 22.5 Å². The van der Waals surface area contributed by atoms with Crippen molar-refractivity contribution in [2.75, 3.05) is 0 Å². The van der Waals surface area contributed by atoms with Crippen LogP contribution in [0.5, 0.6) is 0 Å². The Labute approximate surface area is 141 Å². The predicted octanol–water partition coefficient (Wildman–Crippen LogP) is 5.35. The second-order valence-electron chi connectivity index (χ2n) is 4.35. The molecule has 2 aromatic carbocycles. The lowest BCUT2D eigenvalue weighted by molar-refractivity contribution is 0.383. The summed E-state index contributed by atoms with van der Waals surface area (Å²) in [5.74, 6) is -31.5. The van der Waals surface area contributed by atoms with Gasteiger partial charge in [0.25, 0.3) is 5.97 Å². The van der Waals surface area contributed by atoms with Crippen molar-refractivity contribution in [3.8, 4) is 0 Å². The Balaban J connectivity index is 2.96. The molecule has 0 spiro atoms. The average Bonchev–Trinajstić information content (AvgIpc) is 2.54. The molecule has 0 aliphatic rings. The minimum absolute atomic E-state index is 2.10. The maximum absolute atomic E-state index is 13.8. The largest absolute Gasteiger partial charge is 0.287 e. The molecule has 25 heavy (non-hydrogen) atoms. The van der Waals surface area contributed by atoms with Crippen LogP contribution in [0.3, 0.4) is 0 Å². The minimum Gasteiger partial charge on any atom is -0.200 e. The number of hydrogen-bond donors (Lipinski definition) is 0. The molecule has 0 unspecified atom stereocenters. The molecule has 0 saturated carbocycles. The summed E-state index contributed by atoms with van der Waals surface area (Å²) in [7, 11) is 0. The molecule has 0 aromatic heterocycles. The van der Waals surface area contributed by atoms with Gasteiger partial charge in [0, 0.05) is 0 Å². The lowest BCUT2D eigenvalue weighted by atomic mass is 10.3. The van der Waals surface area contributed by atoms with Gasteiger partial charge in [-0.25, -0.2) is 26.3 Å². The van der Waals surface area contributed by atoms with Crippen molar-refractivity contribution in [1.29, 1.82) is 0 Å². The summed E-state index contributed by atoms with van der Waals surface area (Å²) < 4.78 is 134. The maximum atomic E-state index is 13.8. The molecular formula is C12Cl2F10P+. The van der Waals surface area contributed by atoms with Crippen LogP contribution >= 0.6 is 28.4 Å². The van der Waals surface area contributed by atoms with Crippen LogP contribution in [0.25, 0.3) is 0 Å². The zero-order valence-corrected chi connectivity index (χ0v) is 13.4. The first kappa shape index (κ1) is 20.1. The summed E-state index contributed by atoms with van der Waals surface area (Å²) in [6, 6.07) is 0. The lowest BCUT2D eigenvalue weighted by Crippen LogP contribution is -2.30. The molecule has 0 fully saturated rings. The minimum atomic E-state index is -5.29. The van der Waals surface area contributed by atoms with Gasteiger partial charge < -0.3 is 0 Å². The van der Waals surface area contributed by atoms with Crippen molar-refractivity contribution in [3.63, 3.8) is 0 Å². The van der Waals surface area contributed by atoms with Crippen LogP contribution in [0.2, 0.25) is 0 Å².